The zero-order chi connectivity index (χ0) is 19.9. The fraction of sp³-hybridized carbons (Fsp3) is 0.381. The standard InChI is InChI=1S/C21H25Cl2N3O2.ClH/c1-28-18-4-2-3-15(13-18)21(27)24-9-12-26-10-7-16(8-11-26)25-17-5-6-19(22)20(23)14-17;/h2-6,13-14,16,25H,7-12H2,1H3,(H,24,27);1H. The fourth-order valence-electron chi connectivity index (χ4n) is 3.32. The lowest BCUT2D eigenvalue weighted by Crippen LogP contribution is -2.42. The van der Waals surface area contributed by atoms with Gasteiger partial charge in [0.2, 0.25) is 0 Å². The summed E-state index contributed by atoms with van der Waals surface area (Å²) >= 11 is 12.0. The molecule has 5 nitrogen and oxygen atoms in total. The Hall–Kier alpha value is -1.66. The van der Waals surface area contributed by atoms with Crippen LogP contribution in [0.3, 0.4) is 0 Å². The van der Waals surface area contributed by atoms with Crippen LogP contribution in [0.2, 0.25) is 10.0 Å². The van der Waals surface area contributed by atoms with E-state index in [0.29, 0.717) is 33.9 Å². The second kappa shape index (κ2) is 11.5. The average Bonchev–Trinajstić information content (AvgIpc) is 2.72. The highest BCUT2D eigenvalue weighted by atomic mass is 35.5. The number of amides is 1. The van der Waals surface area contributed by atoms with Gasteiger partial charge in [-0.3, -0.25) is 4.79 Å². The Morgan fingerprint density at radius 3 is 2.59 bits per heavy atom. The van der Waals surface area contributed by atoms with Crippen LogP contribution >= 0.6 is 35.6 Å². The first-order valence-corrected chi connectivity index (χ1v) is 10.2. The Morgan fingerprint density at radius 2 is 1.90 bits per heavy atom. The monoisotopic (exact) mass is 457 g/mol. The number of rotatable bonds is 7. The van der Waals surface area contributed by atoms with E-state index in [1.54, 1.807) is 19.2 Å². The fourth-order valence-corrected chi connectivity index (χ4v) is 3.61. The van der Waals surface area contributed by atoms with Crippen molar-refractivity contribution < 1.29 is 9.53 Å². The van der Waals surface area contributed by atoms with Crippen molar-refractivity contribution >= 4 is 47.2 Å². The van der Waals surface area contributed by atoms with Gasteiger partial charge in [0.25, 0.3) is 5.91 Å². The molecule has 0 radical (unpaired) electrons. The van der Waals surface area contributed by atoms with E-state index in [2.05, 4.69) is 15.5 Å². The molecule has 0 aromatic heterocycles. The molecule has 0 spiro atoms. The highest BCUT2D eigenvalue weighted by Gasteiger charge is 2.19. The number of ether oxygens (including phenoxy) is 1. The molecule has 1 heterocycles. The SMILES string of the molecule is COc1cccc(C(=O)NCCN2CCC(Nc3ccc(Cl)c(Cl)c3)CC2)c1.Cl. The second-order valence-electron chi connectivity index (χ2n) is 6.88. The van der Waals surface area contributed by atoms with Crippen molar-refractivity contribution in [2.45, 2.75) is 18.9 Å². The molecule has 158 valence electrons. The number of piperidine rings is 1. The maximum absolute atomic E-state index is 12.2. The van der Waals surface area contributed by atoms with Crippen LogP contribution in [-0.4, -0.2) is 50.1 Å². The summed E-state index contributed by atoms with van der Waals surface area (Å²) in [5.74, 6) is 0.610. The molecule has 2 aromatic carbocycles. The molecule has 0 bridgehead atoms. The number of nitrogens with one attached hydrogen (secondary N) is 2. The molecule has 1 aliphatic rings. The molecule has 0 aliphatic carbocycles. The Balaban J connectivity index is 0.00000300. The van der Waals surface area contributed by atoms with Crippen LogP contribution in [0, 0.1) is 0 Å². The number of likely N-dealkylation sites (tertiary alicyclic amines) is 1. The zero-order valence-corrected chi connectivity index (χ0v) is 18.6. The van der Waals surface area contributed by atoms with Crippen LogP contribution in [0.1, 0.15) is 23.2 Å². The summed E-state index contributed by atoms with van der Waals surface area (Å²) in [5, 5.41) is 7.64. The maximum atomic E-state index is 12.2. The van der Waals surface area contributed by atoms with Crippen molar-refractivity contribution in [3.63, 3.8) is 0 Å². The van der Waals surface area contributed by atoms with Crippen LogP contribution in [-0.2, 0) is 0 Å². The predicted molar refractivity (Wildman–Crippen MR) is 122 cm³/mol. The van der Waals surface area contributed by atoms with Crippen molar-refractivity contribution in [1.29, 1.82) is 0 Å². The number of hydrogen-bond donors (Lipinski definition) is 2. The molecule has 0 atom stereocenters. The van der Waals surface area contributed by atoms with Crippen molar-refractivity contribution in [2.75, 3.05) is 38.6 Å². The summed E-state index contributed by atoms with van der Waals surface area (Å²) in [6, 6.07) is 13.2. The highest BCUT2D eigenvalue weighted by Crippen LogP contribution is 2.26. The zero-order valence-electron chi connectivity index (χ0n) is 16.3. The molecule has 0 saturated carbocycles. The maximum Gasteiger partial charge on any atom is 0.251 e. The van der Waals surface area contributed by atoms with Crippen molar-refractivity contribution in [2.24, 2.45) is 0 Å². The molecular weight excluding hydrogens is 433 g/mol. The van der Waals surface area contributed by atoms with Gasteiger partial charge in [-0.25, -0.2) is 0 Å². The van der Waals surface area contributed by atoms with E-state index >= 15 is 0 Å². The Morgan fingerprint density at radius 1 is 1.14 bits per heavy atom. The summed E-state index contributed by atoms with van der Waals surface area (Å²) < 4.78 is 5.16. The molecule has 29 heavy (non-hydrogen) atoms. The first-order chi connectivity index (χ1) is 13.5. The van der Waals surface area contributed by atoms with E-state index in [0.717, 1.165) is 38.2 Å². The van der Waals surface area contributed by atoms with Crippen molar-refractivity contribution in [1.82, 2.24) is 10.2 Å². The first-order valence-electron chi connectivity index (χ1n) is 9.41. The van der Waals surface area contributed by atoms with E-state index in [9.17, 15) is 4.79 Å². The van der Waals surface area contributed by atoms with Crippen LogP contribution in [0.5, 0.6) is 5.75 Å². The van der Waals surface area contributed by atoms with Crippen LogP contribution < -0.4 is 15.4 Å². The van der Waals surface area contributed by atoms with Gasteiger partial charge in [0.1, 0.15) is 5.75 Å². The number of methoxy groups -OCH3 is 1. The van der Waals surface area contributed by atoms with Gasteiger partial charge in [0, 0.05) is 43.5 Å². The molecule has 2 aromatic rings. The molecular formula is C21H26Cl3N3O2. The van der Waals surface area contributed by atoms with E-state index in [-0.39, 0.29) is 18.3 Å². The topological polar surface area (TPSA) is 53.6 Å². The molecule has 1 amide bonds. The lowest BCUT2D eigenvalue weighted by atomic mass is 10.0. The minimum absolute atomic E-state index is 0. The summed E-state index contributed by atoms with van der Waals surface area (Å²) in [7, 11) is 1.59. The third-order valence-corrected chi connectivity index (χ3v) is 5.66. The average molecular weight is 459 g/mol. The predicted octanol–water partition coefficient (Wildman–Crippen LogP) is 4.73. The van der Waals surface area contributed by atoms with E-state index in [1.807, 2.05) is 30.3 Å². The summed E-state index contributed by atoms with van der Waals surface area (Å²) in [6.45, 7) is 3.46. The molecule has 1 aliphatic heterocycles. The summed E-state index contributed by atoms with van der Waals surface area (Å²) in [6.07, 6.45) is 2.09. The molecule has 8 heteroatoms. The first kappa shape index (κ1) is 23.6. The van der Waals surface area contributed by atoms with E-state index in [1.165, 1.54) is 0 Å². The van der Waals surface area contributed by atoms with E-state index in [4.69, 9.17) is 27.9 Å². The highest BCUT2D eigenvalue weighted by molar-refractivity contribution is 6.42. The largest absolute Gasteiger partial charge is 0.497 e. The number of carbonyl (C=O) groups excluding carboxylic acids is 1. The minimum Gasteiger partial charge on any atom is -0.497 e. The van der Waals surface area contributed by atoms with Gasteiger partial charge in [-0.2, -0.15) is 0 Å². The minimum atomic E-state index is -0.0740. The number of nitrogens with zero attached hydrogens (tertiary/aromatic N) is 1. The van der Waals surface area contributed by atoms with Gasteiger partial charge in [0.05, 0.1) is 17.2 Å². The van der Waals surface area contributed by atoms with Gasteiger partial charge in [-0.1, -0.05) is 29.3 Å². The van der Waals surface area contributed by atoms with Gasteiger partial charge in [-0.05, 0) is 49.2 Å². The quantitative estimate of drug-likeness (QED) is 0.630. The Kier molecular flexibility index (Phi) is 9.37. The number of halogens is 3. The Labute approximate surface area is 188 Å². The number of hydrogen-bond acceptors (Lipinski definition) is 4. The molecule has 0 unspecified atom stereocenters. The third kappa shape index (κ3) is 6.96. The summed E-state index contributed by atoms with van der Waals surface area (Å²) in [5.41, 5.74) is 1.61. The number of carbonyl (C=O) groups is 1. The lowest BCUT2D eigenvalue weighted by molar-refractivity contribution is 0.0945. The molecule has 1 fully saturated rings. The molecule has 3 rings (SSSR count). The van der Waals surface area contributed by atoms with Crippen LogP contribution in [0.4, 0.5) is 5.69 Å². The van der Waals surface area contributed by atoms with Gasteiger partial charge in [-0.15, -0.1) is 12.4 Å². The lowest BCUT2D eigenvalue weighted by Gasteiger charge is -2.32. The van der Waals surface area contributed by atoms with Gasteiger partial charge < -0.3 is 20.3 Å². The number of anilines is 1. The summed E-state index contributed by atoms with van der Waals surface area (Å²) in [4.78, 5) is 14.6. The van der Waals surface area contributed by atoms with Crippen LogP contribution in [0.25, 0.3) is 0 Å². The van der Waals surface area contributed by atoms with Crippen LogP contribution in [0.15, 0.2) is 42.5 Å². The smallest absolute Gasteiger partial charge is 0.251 e. The van der Waals surface area contributed by atoms with Gasteiger partial charge in [0.15, 0.2) is 0 Å². The Bertz CT molecular complexity index is 812. The second-order valence-corrected chi connectivity index (χ2v) is 7.69. The molecule has 1 saturated heterocycles. The van der Waals surface area contributed by atoms with E-state index < -0.39 is 0 Å². The van der Waals surface area contributed by atoms with Crippen molar-refractivity contribution in [3.05, 3.63) is 58.1 Å². The van der Waals surface area contributed by atoms with Crippen molar-refractivity contribution in [3.8, 4) is 5.75 Å². The normalized spacial score (nSPS) is 14.7. The number of benzene rings is 2. The van der Waals surface area contributed by atoms with Gasteiger partial charge >= 0.3 is 0 Å². The molecule has 2 N–H and O–H groups in total. The third-order valence-electron chi connectivity index (χ3n) is 4.92.